The zero-order valence-electron chi connectivity index (χ0n) is 10.8. The van der Waals surface area contributed by atoms with E-state index in [1.165, 1.54) is 6.33 Å². The number of benzene rings is 1. The zero-order chi connectivity index (χ0) is 13.8. The number of nitrogens with one attached hydrogen (secondary N) is 2. The fourth-order valence-corrected chi connectivity index (χ4v) is 2.93. The molecule has 2 heterocycles. The molecule has 0 bridgehead atoms. The maximum Gasteiger partial charge on any atom is 0.242 e. The molecule has 3 rings (SSSR count). The Morgan fingerprint density at radius 2 is 2.30 bits per heavy atom. The second-order valence-corrected chi connectivity index (χ2v) is 5.58. The predicted octanol–water partition coefficient (Wildman–Crippen LogP) is 0.927. The minimum Gasteiger partial charge on any atom is -0.325 e. The van der Waals surface area contributed by atoms with E-state index in [0.717, 1.165) is 22.9 Å². The molecule has 1 aromatic heterocycles. The predicted molar refractivity (Wildman–Crippen MR) is 78.4 cm³/mol. The molecule has 7 heteroatoms. The Bertz CT molecular complexity index is 563. The van der Waals surface area contributed by atoms with Gasteiger partial charge in [-0.2, -0.15) is 5.10 Å². The Labute approximate surface area is 121 Å². The van der Waals surface area contributed by atoms with Crippen LogP contribution in [0.5, 0.6) is 0 Å². The van der Waals surface area contributed by atoms with Crippen LogP contribution in [0.4, 0.5) is 5.69 Å². The van der Waals surface area contributed by atoms with Gasteiger partial charge in [0.1, 0.15) is 12.7 Å². The van der Waals surface area contributed by atoms with Crippen molar-refractivity contribution in [3.05, 3.63) is 42.5 Å². The topological polar surface area (TPSA) is 71.8 Å². The Morgan fingerprint density at radius 3 is 2.95 bits per heavy atom. The van der Waals surface area contributed by atoms with Gasteiger partial charge in [-0.05, 0) is 17.7 Å². The van der Waals surface area contributed by atoms with Crippen molar-refractivity contribution in [2.45, 2.75) is 12.6 Å². The highest BCUT2D eigenvalue weighted by Crippen LogP contribution is 2.14. The quantitative estimate of drug-likeness (QED) is 0.876. The Kier molecular flexibility index (Phi) is 3.98. The summed E-state index contributed by atoms with van der Waals surface area (Å²) in [4.78, 5) is 15.9. The summed E-state index contributed by atoms with van der Waals surface area (Å²) in [6.07, 6.45) is 3.19. The molecule has 1 aliphatic heterocycles. The van der Waals surface area contributed by atoms with Gasteiger partial charge in [-0.3, -0.25) is 10.1 Å². The van der Waals surface area contributed by atoms with Crippen molar-refractivity contribution in [1.82, 2.24) is 20.1 Å². The fraction of sp³-hybridized carbons (Fsp3) is 0.308. The van der Waals surface area contributed by atoms with Gasteiger partial charge in [0, 0.05) is 17.3 Å². The second-order valence-electron chi connectivity index (χ2n) is 4.55. The van der Waals surface area contributed by atoms with Crippen LogP contribution in [-0.4, -0.2) is 38.3 Å². The SMILES string of the molecule is O=C(Nc1ccc(Cn2cncn2)cc1)C1CSCN1. The Morgan fingerprint density at radius 1 is 1.45 bits per heavy atom. The number of anilines is 1. The van der Waals surface area contributed by atoms with Crippen LogP contribution in [-0.2, 0) is 11.3 Å². The molecule has 2 aromatic rings. The molecule has 1 atom stereocenters. The van der Waals surface area contributed by atoms with E-state index in [2.05, 4.69) is 20.7 Å². The number of thioether (sulfide) groups is 1. The average molecular weight is 289 g/mol. The molecular weight excluding hydrogens is 274 g/mol. The van der Waals surface area contributed by atoms with Crippen molar-refractivity contribution >= 4 is 23.4 Å². The van der Waals surface area contributed by atoms with Gasteiger partial charge < -0.3 is 5.32 Å². The highest BCUT2D eigenvalue weighted by Gasteiger charge is 2.22. The lowest BCUT2D eigenvalue weighted by Gasteiger charge is -2.11. The van der Waals surface area contributed by atoms with Gasteiger partial charge in [0.05, 0.1) is 12.6 Å². The normalized spacial score (nSPS) is 18.1. The standard InChI is InChI=1S/C13H15N5OS/c19-13(12-6-20-9-15-12)17-11-3-1-10(2-4-11)5-18-8-14-7-16-18/h1-4,7-8,12,15H,5-6,9H2,(H,17,19). The Hall–Kier alpha value is -1.86. The van der Waals surface area contributed by atoms with Crippen LogP contribution in [0.2, 0.25) is 0 Å². The molecule has 6 nitrogen and oxygen atoms in total. The average Bonchev–Trinajstić information content (AvgIpc) is 3.13. The van der Waals surface area contributed by atoms with Crippen molar-refractivity contribution < 1.29 is 4.79 Å². The van der Waals surface area contributed by atoms with E-state index in [-0.39, 0.29) is 11.9 Å². The number of amides is 1. The third-order valence-corrected chi connectivity index (χ3v) is 4.01. The zero-order valence-corrected chi connectivity index (χ0v) is 11.6. The molecule has 2 N–H and O–H groups in total. The number of hydrogen-bond acceptors (Lipinski definition) is 5. The van der Waals surface area contributed by atoms with Crippen LogP contribution in [0.3, 0.4) is 0 Å². The third kappa shape index (κ3) is 3.17. The van der Waals surface area contributed by atoms with Gasteiger partial charge in [-0.1, -0.05) is 12.1 Å². The summed E-state index contributed by atoms with van der Waals surface area (Å²) in [5.74, 6) is 1.70. The van der Waals surface area contributed by atoms with E-state index < -0.39 is 0 Å². The van der Waals surface area contributed by atoms with Gasteiger partial charge in [-0.25, -0.2) is 9.67 Å². The number of carbonyl (C=O) groups excluding carboxylic acids is 1. The minimum absolute atomic E-state index is 0.0269. The first-order valence-electron chi connectivity index (χ1n) is 6.34. The van der Waals surface area contributed by atoms with Crippen molar-refractivity contribution in [3.8, 4) is 0 Å². The van der Waals surface area contributed by atoms with Gasteiger partial charge in [0.25, 0.3) is 0 Å². The van der Waals surface area contributed by atoms with E-state index in [1.54, 1.807) is 22.8 Å². The van der Waals surface area contributed by atoms with Crippen molar-refractivity contribution in [2.24, 2.45) is 0 Å². The Balaban J connectivity index is 1.59. The summed E-state index contributed by atoms with van der Waals surface area (Å²) in [5.41, 5.74) is 1.93. The van der Waals surface area contributed by atoms with Crippen LogP contribution in [0.15, 0.2) is 36.9 Å². The van der Waals surface area contributed by atoms with E-state index >= 15 is 0 Å². The molecule has 0 radical (unpaired) electrons. The number of hydrogen-bond donors (Lipinski definition) is 2. The maximum absolute atomic E-state index is 11.9. The molecule has 1 amide bonds. The molecule has 1 unspecified atom stereocenters. The molecule has 0 aliphatic carbocycles. The first-order valence-corrected chi connectivity index (χ1v) is 7.50. The van der Waals surface area contributed by atoms with E-state index in [1.807, 2.05) is 24.3 Å². The van der Waals surface area contributed by atoms with E-state index in [0.29, 0.717) is 6.54 Å². The van der Waals surface area contributed by atoms with E-state index in [4.69, 9.17) is 0 Å². The van der Waals surface area contributed by atoms with Gasteiger partial charge in [0.2, 0.25) is 5.91 Å². The fourth-order valence-electron chi connectivity index (χ4n) is 1.99. The van der Waals surface area contributed by atoms with Gasteiger partial charge in [0.15, 0.2) is 0 Å². The lowest BCUT2D eigenvalue weighted by molar-refractivity contribution is -0.117. The summed E-state index contributed by atoms with van der Waals surface area (Å²) in [6, 6.07) is 7.69. The molecule has 104 valence electrons. The van der Waals surface area contributed by atoms with Crippen LogP contribution in [0.25, 0.3) is 0 Å². The maximum atomic E-state index is 11.9. The summed E-state index contributed by atoms with van der Waals surface area (Å²) >= 11 is 1.74. The monoisotopic (exact) mass is 289 g/mol. The lowest BCUT2D eigenvalue weighted by Crippen LogP contribution is -2.37. The molecule has 1 saturated heterocycles. The first-order chi connectivity index (χ1) is 9.81. The first kappa shape index (κ1) is 13.1. The molecule has 0 spiro atoms. The van der Waals surface area contributed by atoms with Crippen LogP contribution in [0.1, 0.15) is 5.56 Å². The molecule has 1 aliphatic rings. The third-order valence-electron chi connectivity index (χ3n) is 3.07. The smallest absolute Gasteiger partial charge is 0.242 e. The lowest BCUT2D eigenvalue weighted by atomic mass is 10.2. The van der Waals surface area contributed by atoms with Crippen molar-refractivity contribution in [1.29, 1.82) is 0 Å². The molecular formula is C13H15N5OS. The summed E-state index contributed by atoms with van der Waals surface area (Å²) in [5, 5.41) is 10.1. The molecule has 1 aromatic carbocycles. The summed E-state index contributed by atoms with van der Waals surface area (Å²) in [7, 11) is 0. The highest BCUT2D eigenvalue weighted by molar-refractivity contribution is 7.99. The highest BCUT2D eigenvalue weighted by atomic mass is 32.2. The minimum atomic E-state index is -0.0881. The van der Waals surface area contributed by atoms with Crippen molar-refractivity contribution in [3.63, 3.8) is 0 Å². The number of aromatic nitrogens is 3. The van der Waals surface area contributed by atoms with Crippen molar-refractivity contribution in [2.75, 3.05) is 16.9 Å². The van der Waals surface area contributed by atoms with Gasteiger partial charge in [-0.15, -0.1) is 11.8 Å². The van der Waals surface area contributed by atoms with Gasteiger partial charge >= 0.3 is 0 Å². The van der Waals surface area contributed by atoms with E-state index in [9.17, 15) is 4.79 Å². The van der Waals surface area contributed by atoms with Crippen LogP contribution >= 0.6 is 11.8 Å². The number of carbonyl (C=O) groups is 1. The number of rotatable bonds is 4. The van der Waals surface area contributed by atoms with Crippen LogP contribution in [0, 0.1) is 0 Å². The van der Waals surface area contributed by atoms with Crippen LogP contribution < -0.4 is 10.6 Å². The second kappa shape index (κ2) is 6.06. The molecule has 1 fully saturated rings. The molecule has 20 heavy (non-hydrogen) atoms. The largest absolute Gasteiger partial charge is 0.325 e. The summed E-state index contributed by atoms with van der Waals surface area (Å²) < 4.78 is 1.76. The molecule has 0 saturated carbocycles. The summed E-state index contributed by atoms with van der Waals surface area (Å²) in [6.45, 7) is 0.676. The number of nitrogens with zero attached hydrogens (tertiary/aromatic N) is 3.